The number of fused-ring (bicyclic) bond motifs is 1. The van der Waals surface area contributed by atoms with E-state index in [2.05, 4.69) is 5.32 Å². The van der Waals surface area contributed by atoms with E-state index in [-0.39, 0.29) is 24.7 Å². The van der Waals surface area contributed by atoms with Gasteiger partial charge in [-0.05, 0) is 31.2 Å². The van der Waals surface area contributed by atoms with E-state index in [4.69, 9.17) is 21.1 Å². The van der Waals surface area contributed by atoms with Crippen molar-refractivity contribution in [2.75, 3.05) is 24.7 Å². The second kappa shape index (κ2) is 9.46. The molecule has 28 heavy (non-hydrogen) atoms. The fourth-order valence-corrected chi connectivity index (χ4v) is 3.20. The molecule has 0 atom stereocenters. The van der Waals surface area contributed by atoms with Crippen LogP contribution in [0.1, 0.15) is 25.3 Å². The number of benzene rings is 2. The molecule has 2 aromatic rings. The number of halogens is 1. The van der Waals surface area contributed by atoms with E-state index in [1.54, 1.807) is 23.1 Å². The van der Waals surface area contributed by atoms with Crippen LogP contribution in [-0.4, -0.2) is 31.6 Å². The van der Waals surface area contributed by atoms with Gasteiger partial charge < -0.3 is 19.7 Å². The van der Waals surface area contributed by atoms with E-state index in [9.17, 15) is 9.59 Å². The lowest BCUT2D eigenvalue weighted by atomic mass is 10.2. The Morgan fingerprint density at radius 2 is 2.04 bits per heavy atom. The molecular weight excluding hydrogens is 380 g/mol. The predicted molar refractivity (Wildman–Crippen MR) is 108 cm³/mol. The Kier molecular flexibility index (Phi) is 6.76. The molecule has 6 nitrogen and oxygen atoms in total. The first-order chi connectivity index (χ1) is 13.6. The number of ether oxygens (including phenoxy) is 2. The number of hydrogen-bond acceptors (Lipinski definition) is 4. The molecule has 3 rings (SSSR count). The zero-order valence-corrected chi connectivity index (χ0v) is 16.5. The van der Waals surface area contributed by atoms with Crippen LogP contribution < -0.4 is 19.7 Å². The van der Waals surface area contributed by atoms with Gasteiger partial charge >= 0.3 is 0 Å². The first-order valence-electron chi connectivity index (χ1n) is 9.28. The van der Waals surface area contributed by atoms with Crippen molar-refractivity contribution in [3.63, 3.8) is 0 Å². The highest BCUT2D eigenvalue weighted by atomic mass is 35.5. The highest BCUT2D eigenvalue weighted by Gasteiger charge is 2.24. The van der Waals surface area contributed by atoms with Crippen LogP contribution in [0.3, 0.4) is 0 Å². The smallest absolute Gasteiger partial charge is 0.227 e. The second-order valence-corrected chi connectivity index (χ2v) is 6.76. The van der Waals surface area contributed by atoms with Gasteiger partial charge in [0, 0.05) is 30.0 Å². The highest BCUT2D eigenvalue weighted by molar-refractivity contribution is 6.31. The van der Waals surface area contributed by atoms with Gasteiger partial charge in [-0.3, -0.25) is 9.59 Å². The Morgan fingerprint density at radius 3 is 2.86 bits per heavy atom. The summed E-state index contributed by atoms with van der Waals surface area (Å²) in [5.41, 5.74) is 1.55. The summed E-state index contributed by atoms with van der Waals surface area (Å²) < 4.78 is 11.1. The standard InChI is InChI=1S/C21H23ClN2O4/c1-2-27-18-6-4-3-5-15(18)14-23-20(25)9-10-21(26)24-11-12-28-19-8-7-16(22)13-17(19)24/h3-8,13H,2,9-12,14H2,1H3,(H,23,25). The van der Waals surface area contributed by atoms with Gasteiger partial charge in [0.2, 0.25) is 11.8 Å². The highest BCUT2D eigenvalue weighted by Crippen LogP contribution is 2.34. The van der Waals surface area contributed by atoms with Gasteiger partial charge in [0.25, 0.3) is 0 Å². The van der Waals surface area contributed by atoms with Gasteiger partial charge in [-0.2, -0.15) is 0 Å². The largest absolute Gasteiger partial charge is 0.494 e. The summed E-state index contributed by atoms with van der Waals surface area (Å²) in [5.74, 6) is 1.07. The zero-order valence-electron chi connectivity index (χ0n) is 15.7. The van der Waals surface area contributed by atoms with Gasteiger partial charge in [0.05, 0.1) is 18.8 Å². The van der Waals surface area contributed by atoms with Crippen LogP contribution in [0.15, 0.2) is 42.5 Å². The van der Waals surface area contributed by atoms with Crippen molar-refractivity contribution in [3.05, 3.63) is 53.1 Å². The molecule has 148 valence electrons. The van der Waals surface area contributed by atoms with E-state index < -0.39 is 0 Å². The lowest BCUT2D eigenvalue weighted by molar-refractivity contribution is -0.125. The summed E-state index contributed by atoms with van der Waals surface area (Å²) in [6, 6.07) is 12.7. The summed E-state index contributed by atoms with van der Waals surface area (Å²) in [4.78, 5) is 26.4. The van der Waals surface area contributed by atoms with Crippen molar-refractivity contribution in [1.29, 1.82) is 0 Å². The van der Waals surface area contributed by atoms with Crippen molar-refractivity contribution in [1.82, 2.24) is 5.32 Å². The van der Waals surface area contributed by atoms with Gasteiger partial charge in [-0.1, -0.05) is 29.8 Å². The third kappa shape index (κ3) is 4.95. The second-order valence-electron chi connectivity index (χ2n) is 6.32. The molecule has 1 aliphatic rings. The molecule has 0 fully saturated rings. The number of nitrogens with one attached hydrogen (secondary N) is 1. The van der Waals surface area contributed by atoms with E-state index in [1.807, 2.05) is 31.2 Å². The molecule has 0 aromatic heterocycles. The van der Waals surface area contributed by atoms with Gasteiger partial charge in [-0.15, -0.1) is 0 Å². The fraction of sp³-hybridized carbons (Fsp3) is 0.333. The molecule has 0 bridgehead atoms. The lowest BCUT2D eigenvalue weighted by Gasteiger charge is -2.29. The summed E-state index contributed by atoms with van der Waals surface area (Å²) in [5, 5.41) is 3.38. The third-order valence-electron chi connectivity index (χ3n) is 4.40. The predicted octanol–water partition coefficient (Wildman–Crippen LogP) is 3.56. The average Bonchev–Trinajstić information content (AvgIpc) is 2.71. The van der Waals surface area contributed by atoms with Crippen LogP contribution in [0.4, 0.5) is 5.69 Å². The summed E-state index contributed by atoms with van der Waals surface area (Å²) in [6.07, 6.45) is 0.230. The quantitative estimate of drug-likeness (QED) is 0.768. The first kappa shape index (κ1) is 20.0. The summed E-state index contributed by atoms with van der Waals surface area (Å²) >= 11 is 6.04. The molecule has 7 heteroatoms. The van der Waals surface area contributed by atoms with E-state index in [0.717, 1.165) is 11.3 Å². The van der Waals surface area contributed by atoms with Crippen LogP contribution in [0.5, 0.6) is 11.5 Å². The number of nitrogens with zero attached hydrogens (tertiary/aromatic N) is 1. The Morgan fingerprint density at radius 1 is 1.21 bits per heavy atom. The van der Waals surface area contributed by atoms with Gasteiger partial charge in [-0.25, -0.2) is 0 Å². The fourth-order valence-electron chi connectivity index (χ4n) is 3.03. The molecule has 1 heterocycles. The zero-order chi connectivity index (χ0) is 19.9. The summed E-state index contributed by atoms with van der Waals surface area (Å²) in [6.45, 7) is 3.69. The molecule has 0 spiro atoms. The molecule has 0 saturated carbocycles. The maximum atomic E-state index is 12.6. The van der Waals surface area contributed by atoms with Crippen molar-refractivity contribution < 1.29 is 19.1 Å². The van der Waals surface area contributed by atoms with Crippen molar-refractivity contribution in [2.24, 2.45) is 0 Å². The SMILES string of the molecule is CCOc1ccccc1CNC(=O)CCC(=O)N1CCOc2ccc(Cl)cc21. The molecule has 2 amide bonds. The van der Waals surface area contributed by atoms with E-state index in [1.165, 1.54) is 0 Å². The Hall–Kier alpha value is -2.73. The first-order valence-corrected chi connectivity index (χ1v) is 9.66. The van der Waals surface area contributed by atoms with E-state index in [0.29, 0.717) is 42.8 Å². The minimum absolute atomic E-state index is 0.114. The van der Waals surface area contributed by atoms with Crippen LogP contribution in [-0.2, 0) is 16.1 Å². The molecule has 1 aliphatic heterocycles. The summed E-state index contributed by atoms with van der Waals surface area (Å²) in [7, 11) is 0. The maximum absolute atomic E-state index is 12.6. The number of carbonyl (C=O) groups is 2. The molecule has 0 aliphatic carbocycles. The van der Waals surface area contributed by atoms with Crippen molar-refractivity contribution >= 4 is 29.1 Å². The van der Waals surface area contributed by atoms with Gasteiger partial charge in [0.1, 0.15) is 18.1 Å². The van der Waals surface area contributed by atoms with Crippen LogP contribution in [0, 0.1) is 0 Å². The molecule has 1 N–H and O–H groups in total. The number of anilines is 1. The van der Waals surface area contributed by atoms with Crippen molar-refractivity contribution in [3.8, 4) is 11.5 Å². The Balaban J connectivity index is 1.53. The molecule has 0 unspecified atom stereocenters. The topological polar surface area (TPSA) is 67.9 Å². The monoisotopic (exact) mass is 402 g/mol. The van der Waals surface area contributed by atoms with E-state index >= 15 is 0 Å². The molecule has 2 aromatic carbocycles. The molecular formula is C21H23ClN2O4. The van der Waals surface area contributed by atoms with Crippen LogP contribution in [0.2, 0.25) is 5.02 Å². The molecule has 0 saturated heterocycles. The number of rotatable bonds is 7. The maximum Gasteiger partial charge on any atom is 0.227 e. The minimum atomic E-state index is -0.181. The third-order valence-corrected chi connectivity index (χ3v) is 4.63. The number of carbonyl (C=O) groups excluding carboxylic acids is 2. The normalized spacial score (nSPS) is 12.7. The average molecular weight is 403 g/mol. The minimum Gasteiger partial charge on any atom is -0.494 e. The number of hydrogen-bond donors (Lipinski definition) is 1. The van der Waals surface area contributed by atoms with Crippen LogP contribution in [0.25, 0.3) is 0 Å². The Labute approximate surface area is 169 Å². The lowest BCUT2D eigenvalue weighted by Crippen LogP contribution is -2.38. The number of para-hydroxylation sites is 1. The molecule has 0 radical (unpaired) electrons. The van der Waals surface area contributed by atoms with Crippen LogP contribution >= 0.6 is 11.6 Å². The number of amides is 2. The Bertz CT molecular complexity index is 856. The van der Waals surface area contributed by atoms with Gasteiger partial charge in [0.15, 0.2) is 0 Å². The van der Waals surface area contributed by atoms with Crippen molar-refractivity contribution in [2.45, 2.75) is 26.3 Å².